The first-order chi connectivity index (χ1) is 10.6. The van der Waals surface area contributed by atoms with E-state index in [0.29, 0.717) is 6.04 Å². The number of aromatic carboxylic acids is 1. The lowest BCUT2D eigenvalue weighted by Crippen LogP contribution is -2.44. The molecule has 0 radical (unpaired) electrons. The van der Waals surface area contributed by atoms with E-state index >= 15 is 0 Å². The third-order valence-electron chi connectivity index (χ3n) is 4.78. The lowest BCUT2D eigenvalue weighted by Gasteiger charge is -2.36. The Bertz CT molecular complexity index is 575. The van der Waals surface area contributed by atoms with Crippen molar-refractivity contribution in [1.29, 1.82) is 0 Å². The Morgan fingerprint density at radius 1 is 1.14 bits per heavy atom. The Labute approximate surface area is 130 Å². The van der Waals surface area contributed by atoms with Crippen LogP contribution in [-0.2, 0) is 0 Å². The van der Waals surface area contributed by atoms with Crippen LogP contribution in [0.2, 0.25) is 0 Å². The topological polar surface area (TPSA) is 70.5 Å². The van der Waals surface area contributed by atoms with E-state index < -0.39 is 5.97 Å². The molecule has 2 aliphatic rings. The van der Waals surface area contributed by atoms with E-state index in [-0.39, 0.29) is 23.2 Å². The van der Waals surface area contributed by atoms with Crippen molar-refractivity contribution in [3.63, 3.8) is 0 Å². The molecule has 22 heavy (non-hydrogen) atoms. The maximum atomic E-state index is 12.9. The summed E-state index contributed by atoms with van der Waals surface area (Å²) in [5.74, 6) is -0.396. The van der Waals surface area contributed by atoms with Gasteiger partial charge in [0.15, 0.2) is 0 Å². The minimum Gasteiger partial charge on any atom is -0.478 e. The first-order valence-electron chi connectivity index (χ1n) is 8.08. The van der Waals surface area contributed by atoms with Crippen LogP contribution in [0.4, 0.5) is 0 Å². The van der Waals surface area contributed by atoms with Crippen LogP contribution in [0.3, 0.4) is 0 Å². The van der Waals surface area contributed by atoms with Crippen molar-refractivity contribution in [2.75, 3.05) is 0 Å². The molecule has 1 amide bonds. The Hall–Kier alpha value is -1.91. The number of rotatable bonds is 4. The molecule has 118 valence electrons. The van der Waals surface area contributed by atoms with Gasteiger partial charge >= 0.3 is 5.97 Å². The monoisotopic (exact) mass is 302 g/mol. The molecule has 2 aliphatic carbocycles. The molecule has 0 bridgehead atoms. The van der Waals surface area contributed by atoms with E-state index in [1.54, 1.807) is 0 Å². The number of pyridine rings is 1. The van der Waals surface area contributed by atoms with Gasteiger partial charge in [-0.05, 0) is 56.6 Å². The molecule has 0 atom stereocenters. The molecule has 5 heteroatoms. The van der Waals surface area contributed by atoms with Crippen LogP contribution < -0.4 is 0 Å². The number of nitrogens with zero attached hydrogens (tertiary/aromatic N) is 2. The van der Waals surface area contributed by atoms with Gasteiger partial charge in [0, 0.05) is 18.3 Å². The van der Waals surface area contributed by atoms with Crippen molar-refractivity contribution in [3.8, 4) is 0 Å². The number of carbonyl (C=O) groups is 2. The van der Waals surface area contributed by atoms with E-state index in [1.807, 2.05) is 4.90 Å². The molecule has 1 N–H and O–H groups in total. The van der Waals surface area contributed by atoms with Crippen molar-refractivity contribution in [2.24, 2.45) is 5.92 Å². The average Bonchev–Trinajstić information content (AvgIpc) is 3.34. The van der Waals surface area contributed by atoms with E-state index in [0.717, 1.165) is 44.4 Å². The van der Waals surface area contributed by atoms with Gasteiger partial charge in [0.05, 0.1) is 5.56 Å². The summed E-state index contributed by atoms with van der Waals surface area (Å²) in [6.07, 6.45) is 7.91. The fourth-order valence-electron chi connectivity index (χ4n) is 3.32. The molecule has 0 unspecified atom stereocenters. The van der Waals surface area contributed by atoms with Gasteiger partial charge in [-0.25, -0.2) is 4.79 Å². The number of carboxylic acids is 1. The van der Waals surface area contributed by atoms with Crippen LogP contribution in [0.5, 0.6) is 0 Å². The van der Waals surface area contributed by atoms with Gasteiger partial charge in [-0.1, -0.05) is 6.92 Å². The second-order valence-electron chi connectivity index (χ2n) is 6.59. The van der Waals surface area contributed by atoms with Gasteiger partial charge in [0.25, 0.3) is 5.91 Å². The standard InChI is InChI=1S/C17H22N2O3/c1-11-2-4-13(5-3-11)19(14-6-7-14)16(20)15-10-12(17(21)22)8-9-18-15/h8-11,13-14H,2-7H2,1H3,(H,21,22). The third kappa shape index (κ3) is 3.13. The Kier molecular flexibility index (Phi) is 4.14. The number of carbonyl (C=O) groups excluding carboxylic acids is 1. The first-order valence-corrected chi connectivity index (χ1v) is 8.08. The zero-order chi connectivity index (χ0) is 15.7. The molecule has 1 aromatic heterocycles. The number of amides is 1. The summed E-state index contributed by atoms with van der Waals surface area (Å²) in [6.45, 7) is 2.26. The van der Waals surface area contributed by atoms with E-state index in [4.69, 9.17) is 5.11 Å². The maximum absolute atomic E-state index is 12.9. The third-order valence-corrected chi connectivity index (χ3v) is 4.78. The van der Waals surface area contributed by atoms with Crippen molar-refractivity contribution < 1.29 is 14.7 Å². The van der Waals surface area contributed by atoms with Gasteiger partial charge in [-0.15, -0.1) is 0 Å². The Balaban J connectivity index is 1.81. The molecule has 2 saturated carbocycles. The fraction of sp³-hybridized carbons (Fsp3) is 0.588. The molecule has 0 aromatic carbocycles. The van der Waals surface area contributed by atoms with E-state index in [2.05, 4.69) is 11.9 Å². The summed E-state index contributed by atoms with van der Waals surface area (Å²) in [7, 11) is 0. The van der Waals surface area contributed by atoms with Gasteiger partial charge < -0.3 is 10.0 Å². The summed E-state index contributed by atoms with van der Waals surface area (Å²) in [5.41, 5.74) is 0.372. The number of carboxylic acid groups (broad SMARTS) is 1. The van der Waals surface area contributed by atoms with Gasteiger partial charge in [-0.3, -0.25) is 9.78 Å². The van der Waals surface area contributed by atoms with Crippen LogP contribution in [-0.4, -0.2) is 39.0 Å². The molecule has 1 aromatic rings. The van der Waals surface area contributed by atoms with Crippen LogP contribution in [0.1, 0.15) is 66.3 Å². The fourth-order valence-corrected chi connectivity index (χ4v) is 3.32. The molecule has 0 aliphatic heterocycles. The zero-order valence-electron chi connectivity index (χ0n) is 12.9. The molecule has 0 spiro atoms. The smallest absolute Gasteiger partial charge is 0.335 e. The lowest BCUT2D eigenvalue weighted by atomic mass is 9.86. The second kappa shape index (κ2) is 6.07. The molecular weight excluding hydrogens is 280 g/mol. The second-order valence-corrected chi connectivity index (χ2v) is 6.59. The molecule has 3 rings (SSSR count). The molecular formula is C17H22N2O3. The quantitative estimate of drug-likeness (QED) is 0.928. The summed E-state index contributed by atoms with van der Waals surface area (Å²) in [6, 6.07) is 3.42. The Morgan fingerprint density at radius 3 is 2.27 bits per heavy atom. The summed E-state index contributed by atoms with van der Waals surface area (Å²) >= 11 is 0. The first kappa shape index (κ1) is 15.0. The van der Waals surface area contributed by atoms with Crippen molar-refractivity contribution >= 4 is 11.9 Å². The van der Waals surface area contributed by atoms with Gasteiger partial charge in [0.2, 0.25) is 0 Å². The van der Waals surface area contributed by atoms with Gasteiger partial charge in [-0.2, -0.15) is 0 Å². The predicted molar refractivity (Wildman–Crippen MR) is 81.8 cm³/mol. The van der Waals surface area contributed by atoms with Crippen molar-refractivity contribution in [2.45, 2.75) is 57.5 Å². The SMILES string of the molecule is CC1CCC(N(C(=O)c2cc(C(=O)O)ccn2)C2CC2)CC1. The Morgan fingerprint density at radius 2 is 1.73 bits per heavy atom. The highest BCUT2D eigenvalue weighted by atomic mass is 16.4. The zero-order valence-corrected chi connectivity index (χ0v) is 12.9. The van der Waals surface area contributed by atoms with Crippen LogP contribution in [0.15, 0.2) is 18.3 Å². The minimum atomic E-state index is -1.03. The number of hydrogen-bond donors (Lipinski definition) is 1. The van der Waals surface area contributed by atoms with Crippen molar-refractivity contribution in [1.82, 2.24) is 9.88 Å². The van der Waals surface area contributed by atoms with Crippen molar-refractivity contribution in [3.05, 3.63) is 29.6 Å². The number of aromatic nitrogens is 1. The largest absolute Gasteiger partial charge is 0.478 e. The molecule has 0 saturated heterocycles. The predicted octanol–water partition coefficient (Wildman–Crippen LogP) is 2.96. The van der Waals surface area contributed by atoms with E-state index in [9.17, 15) is 9.59 Å². The highest BCUT2D eigenvalue weighted by Crippen LogP contribution is 2.36. The normalized spacial score (nSPS) is 24.8. The minimum absolute atomic E-state index is 0.106. The average molecular weight is 302 g/mol. The maximum Gasteiger partial charge on any atom is 0.335 e. The molecule has 1 heterocycles. The van der Waals surface area contributed by atoms with Gasteiger partial charge in [0.1, 0.15) is 5.69 Å². The van der Waals surface area contributed by atoms with Crippen LogP contribution >= 0.6 is 0 Å². The summed E-state index contributed by atoms with van der Waals surface area (Å²) in [4.78, 5) is 30.0. The highest BCUT2D eigenvalue weighted by molar-refractivity contribution is 5.96. The van der Waals surface area contributed by atoms with Crippen LogP contribution in [0, 0.1) is 5.92 Å². The van der Waals surface area contributed by atoms with E-state index in [1.165, 1.54) is 18.3 Å². The number of hydrogen-bond acceptors (Lipinski definition) is 3. The highest BCUT2D eigenvalue weighted by Gasteiger charge is 2.39. The molecule has 2 fully saturated rings. The summed E-state index contributed by atoms with van der Waals surface area (Å²) < 4.78 is 0. The van der Waals surface area contributed by atoms with Crippen LogP contribution in [0.25, 0.3) is 0 Å². The molecule has 5 nitrogen and oxygen atoms in total. The summed E-state index contributed by atoms with van der Waals surface area (Å²) in [5, 5.41) is 9.08. The lowest BCUT2D eigenvalue weighted by molar-refractivity contribution is 0.0587.